The normalized spacial score (nSPS) is 10.4. The molecule has 2 rings (SSSR count). The zero-order valence-electron chi connectivity index (χ0n) is 14.9. The molecule has 0 aliphatic carbocycles. The minimum Gasteiger partial charge on any atom is -0.491 e. The van der Waals surface area contributed by atoms with Crippen LogP contribution in [0.1, 0.15) is 22.3 Å². The quantitative estimate of drug-likeness (QED) is 0.619. The Morgan fingerprint density at radius 3 is 2.44 bits per heavy atom. The standard InChI is InChI=1S/C20H21N3O4/c1-22-20(26)15-9-6-14(7-10-15)8-11-19(25)23-16-4-2-3-5-17(16)27-13-12-18(21)24/h2-11H,12-13H2,1H3,(H2,21,24)(H,22,26)(H,23,25)/b11-8+. The first kappa shape index (κ1) is 19.7. The summed E-state index contributed by atoms with van der Waals surface area (Å²) in [4.78, 5) is 34.4. The third kappa shape index (κ3) is 6.32. The number of nitrogens with one attached hydrogen (secondary N) is 2. The number of carbonyl (C=O) groups excluding carboxylic acids is 3. The van der Waals surface area contributed by atoms with Gasteiger partial charge in [0.2, 0.25) is 11.8 Å². The highest BCUT2D eigenvalue weighted by atomic mass is 16.5. The summed E-state index contributed by atoms with van der Waals surface area (Å²) in [6, 6.07) is 13.8. The maximum Gasteiger partial charge on any atom is 0.251 e. The lowest BCUT2D eigenvalue weighted by Crippen LogP contribution is -2.17. The van der Waals surface area contributed by atoms with Crippen LogP contribution in [0.5, 0.6) is 5.75 Å². The molecule has 27 heavy (non-hydrogen) atoms. The number of para-hydroxylation sites is 2. The Bertz CT molecular complexity index is 845. The summed E-state index contributed by atoms with van der Waals surface area (Å²) in [7, 11) is 1.57. The second-order valence-corrected chi connectivity index (χ2v) is 5.58. The smallest absolute Gasteiger partial charge is 0.251 e. The van der Waals surface area contributed by atoms with Crippen LogP contribution < -0.4 is 21.1 Å². The summed E-state index contributed by atoms with van der Waals surface area (Å²) >= 11 is 0. The second kappa shape index (κ2) is 9.76. The van der Waals surface area contributed by atoms with Crippen molar-refractivity contribution in [2.75, 3.05) is 19.0 Å². The van der Waals surface area contributed by atoms with Gasteiger partial charge in [0.1, 0.15) is 5.75 Å². The van der Waals surface area contributed by atoms with Gasteiger partial charge in [0.05, 0.1) is 18.7 Å². The Kier molecular flexibility index (Phi) is 7.13. The summed E-state index contributed by atoms with van der Waals surface area (Å²) in [6.45, 7) is 0.135. The van der Waals surface area contributed by atoms with Crippen molar-refractivity contribution in [2.45, 2.75) is 6.42 Å². The van der Waals surface area contributed by atoms with Crippen LogP contribution in [0.15, 0.2) is 54.6 Å². The lowest BCUT2D eigenvalue weighted by Gasteiger charge is -2.10. The first-order valence-electron chi connectivity index (χ1n) is 8.31. The summed E-state index contributed by atoms with van der Waals surface area (Å²) in [5.41, 5.74) is 6.90. The molecule has 3 amide bonds. The molecule has 140 valence electrons. The van der Waals surface area contributed by atoms with Crippen molar-refractivity contribution in [1.29, 1.82) is 0 Å². The second-order valence-electron chi connectivity index (χ2n) is 5.58. The topological polar surface area (TPSA) is 111 Å². The number of nitrogens with two attached hydrogens (primary N) is 1. The van der Waals surface area contributed by atoms with Crippen molar-refractivity contribution in [3.05, 3.63) is 65.7 Å². The summed E-state index contributed by atoms with van der Waals surface area (Å²) in [5, 5.41) is 5.27. The molecule has 7 heteroatoms. The molecule has 0 saturated heterocycles. The minimum atomic E-state index is -0.457. The van der Waals surface area contributed by atoms with Crippen LogP contribution in [0.3, 0.4) is 0 Å². The van der Waals surface area contributed by atoms with Gasteiger partial charge < -0.3 is 21.1 Å². The Morgan fingerprint density at radius 2 is 1.78 bits per heavy atom. The van der Waals surface area contributed by atoms with E-state index in [-0.39, 0.29) is 24.8 Å². The third-order valence-electron chi connectivity index (χ3n) is 3.58. The number of anilines is 1. The molecule has 0 aliphatic rings. The monoisotopic (exact) mass is 367 g/mol. The molecule has 0 aliphatic heterocycles. The molecule has 0 fully saturated rings. The fraction of sp³-hybridized carbons (Fsp3) is 0.150. The first-order valence-corrected chi connectivity index (χ1v) is 8.31. The van der Waals surface area contributed by atoms with E-state index in [0.717, 1.165) is 5.56 Å². The number of primary amides is 1. The van der Waals surface area contributed by atoms with Gasteiger partial charge in [-0.1, -0.05) is 24.3 Å². The van der Waals surface area contributed by atoms with Gasteiger partial charge in [-0.15, -0.1) is 0 Å². The van der Waals surface area contributed by atoms with E-state index in [1.54, 1.807) is 61.7 Å². The van der Waals surface area contributed by atoms with Gasteiger partial charge in [-0.25, -0.2) is 0 Å². The fourth-order valence-corrected chi connectivity index (χ4v) is 2.19. The van der Waals surface area contributed by atoms with E-state index in [1.165, 1.54) is 6.08 Å². The molecule has 0 atom stereocenters. The number of amides is 3. The molecule has 0 spiro atoms. The first-order chi connectivity index (χ1) is 13.0. The molecule has 0 aromatic heterocycles. The van der Waals surface area contributed by atoms with E-state index < -0.39 is 5.91 Å². The van der Waals surface area contributed by atoms with E-state index in [1.807, 2.05) is 0 Å². The highest BCUT2D eigenvalue weighted by Gasteiger charge is 2.06. The third-order valence-corrected chi connectivity index (χ3v) is 3.58. The molecular weight excluding hydrogens is 346 g/mol. The largest absolute Gasteiger partial charge is 0.491 e. The van der Waals surface area contributed by atoms with Crippen molar-refractivity contribution in [1.82, 2.24) is 5.32 Å². The number of benzene rings is 2. The Balaban J connectivity index is 1.98. The summed E-state index contributed by atoms with van der Waals surface area (Å²) < 4.78 is 5.48. The van der Waals surface area contributed by atoms with Gasteiger partial charge in [-0.3, -0.25) is 14.4 Å². The van der Waals surface area contributed by atoms with Gasteiger partial charge in [0, 0.05) is 18.7 Å². The molecule has 0 heterocycles. The van der Waals surface area contributed by atoms with Crippen molar-refractivity contribution < 1.29 is 19.1 Å². The zero-order chi connectivity index (χ0) is 19.6. The van der Waals surface area contributed by atoms with Gasteiger partial charge >= 0.3 is 0 Å². The Labute approximate surface area is 157 Å². The van der Waals surface area contributed by atoms with Gasteiger partial charge in [-0.05, 0) is 35.9 Å². The van der Waals surface area contributed by atoms with Gasteiger partial charge in [0.25, 0.3) is 5.91 Å². The molecule has 4 N–H and O–H groups in total. The van der Waals surface area contributed by atoms with Gasteiger partial charge in [0.15, 0.2) is 0 Å². The van der Waals surface area contributed by atoms with E-state index in [2.05, 4.69) is 10.6 Å². The van der Waals surface area contributed by atoms with E-state index >= 15 is 0 Å². The maximum atomic E-state index is 12.1. The van der Waals surface area contributed by atoms with Crippen LogP contribution in [0.4, 0.5) is 5.69 Å². The van der Waals surface area contributed by atoms with E-state index in [9.17, 15) is 14.4 Å². The van der Waals surface area contributed by atoms with Crippen LogP contribution in [-0.4, -0.2) is 31.4 Å². The minimum absolute atomic E-state index is 0.0915. The lowest BCUT2D eigenvalue weighted by molar-refractivity contribution is -0.118. The predicted molar refractivity (Wildman–Crippen MR) is 103 cm³/mol. The van der Waals surface area contributed by atoms with Crippen LogP contribution in [0.2, 0.25) is 0 Å². The Morgan fingerprint density at radius 1 is 1.07 bits per heavy atom. The average molecular weight is 367 g/mol. The maximum absolute atomic E-state index is 12.1. The predicted octanol–water partition coefficient (Wildman–Crippen LogP) is 1.95. The zero-order valence-corrected chi connectivity index (χ0v) is 14.9. The molecular formula is C20H21N3O4. The molecule has 7 nitrogen and oxygen atoms in total. The average Bonchev–Trinajstić information content (AvgIpc) is 2.67. The lowest BCUT2D eigenvalue weighted by atomic mass is 10.1. The molecule has 0 unspecified atom stereocenters. The van der Waals surface area contributed by atoms with Crippen molar-refractivity contribution in [2.24, 2.45) is 5.73 Å². The molecule has 0 bridgehead atoms. The van der Waals surface area contributed by atoms with Crippen LogP contribution in [0, 0.1) is 0 Å². The summed E-state index contributed by atoms with van der Waals surface area (Å²) in [6.07, 6.45) is 3.11. The van der Waals surface area contributed by atoms with E-state index in [0.29, 0.717) is 17.0 Å². The number of hydrogen-bond acceptors (Lipinski definition) is 4. The van der Waals surface area contributed by atoms with Crippen LogP contribution in [0.25, 0.3) is 6.08 Å². The Hall–Kier alpha value is -3.61. The van der Waals surface area contributed by atoms with Crippen LogP contribution >= 0.6 is 0 Å². The number of carbonyl (C=O) groups is 3. The number of hydrogen-bond donors (Lipinski definition) is 3. The number of ether oxygens (including phenoxy) is 1. The fourth-order valence-electron chi connectivity index (χ4n) is 2.19. The summed E-state index contributed by atoms with van der Waals surface area (Å²) in [5.74, 6) is -0.509. The molecule has 0 saturated carbocycles. The highest BCUT2D eigenvalue weighted by molar-refractivity contribution is 6.02. The van der Waals surface area contributed by atoms with Gasteiger partial charge in [-0.2, -0.15) is 0 Å². The number of rotatable bonds is 8. The van der Waals surface area contributed by atoms with Crippen molar-refractivity contribution in [3.63, 3.8) is 0 Å². The molecule has 2 aromatic rings. The van der Waals surface area contributed by atoms with Crippen molar-refractivity contribution >= 4 is 29.5 Å². The van der Waals surface area contributed by atoms with Crippen molar-refractivity contribution in [3.8, 4) is 5.75 Å². The molecule has 2 aromatic carbocycles. The highest BCUT2D eigenvalue weighted by Crippen LogP contribution is 2.23. The SMILES string of the molecule is CNC(=O)c1ccc(/C=C/C(=O)Nc2ccccc2OCCC(N)=O)cc1. The van der Waals surface area contributed by atoms with Crippen LogP contribution in [-0.2, 0) is 9.59 Å². The molecule has 0 radical (unpaired) electrons. The van der Waals surface area contributed by atoms with E-state index in [4.69, 9.17) is 10.5 Å².